The third-order valence-electron chi connectivity index (χ3n) is 6.55. The van der Waals surface area contributed by atoms with Crippen LogP contribution in [-0.2, 0) is 6.42 Å². The molecule has 1 aliphatic carbocycles. The van der Waals surface area contributed by atoms with Crippen LogP contribution in [0.15, 0.2) is 24.3 Å². The molecule has 1 amide bonds. The molecule has 1 aromatic carbocycles. The van der Waals surface area contributed by atoms with E-state index in [9.17, 15) is 14.7 Å². The zero-order valence-electron chi connectivity index (χ0n) is 21.1. The topological polar surface area (TPSA) is 108 Å². The SMILES string of the molecule is CCOc1ccccc1Cc1nc(N2C[C@@H]3C(NC(=O)c4[nH]c(C)c(Cl)c4Cl)[C@@H]3C2)sc1C(=O)O.[H-].[Li+]. The molecule has 1 unspecified atom stereocenters. The van der Waals surface area contributed by atoms with Gasteiger partial charge in [-0.2, -0.15) is 0 Å². The zero-order valence-corrected chi connectivity index (χ0v) is 22.4. The number of hydrogen-bond acceptors (Lipinski definition) is 6. The van der Waals surface area contributed by atoms with Crippen molar-refractivity contribution in [3.63, 3.8) is 0 Å². The molecule has 186 valence electrons. The number of hydrogen-bond donors (Lipinski definition) is 3. The number of aryl methyl sites for hydroxylation is 1. The van der Waals surface area contributed by atoms with Gasteiger partial charge in [0.1, 0.15) is 16.3 Å². The summed E-state index contributed by atoms with van der Waals surface area (Å²) in [6, 6.07) is 7.66. The van der Waals surface area contributed by atoms with E-state index in [0.29, 0.717) is 47.7 Å². The van der Waals surface area contributed by atoms with Crippen LogP contribution >= 0.6 is 34.5 Å². The Morgan fingerprint density at radius 3 is 2.58 bits per heavy atom. The number of piperidine rings is 1. The quantitative estimate of drug-likeness (QED) is 0.374. The van der Waals surface area contributed by atoms with Crippen LogP contribution in [0.25, 0.3) is 0 Å². The van der Waals surface area contributed by atoms with Crippen molar-refractivity contribution in [2.24, 2.45) is 11.8 Å². The molecule has 1 saturated heterocycles. The summed E-state index contributed by atoms with van der Waals surface area (Å²) in [5, 5.41) is 14.1. The number of nitrogens with zero attached hydrogens (tertiary/aromatic N) is 2. The van der Waals surface area contributed by atoms with Crippen LogP contribution in [0.3, 0.4) is 0 Å². The van der Waals surface area contributed by atoms with E-state index in [1.807, 2.05) is 31.2 Å². The number of benzene rings is 1. The number of ether oxygens (including phenoxy) is 1. The van der Waals surface area contributed by atoms with Crippen molar-refractivity contribution < 1.29 is 39.7 Å². The first-order valence-corrected chi connectivity index (χ1v) is 12.9. The predicted molar refractivity (Wildman–Crippen MR) is 137 cm³/mol. The van der Waals surface area contributed by atoms with Crippen LogP contribution in [0.2, 0.25) is 10.0 Å². The molecule has 36 heavy (non-hydrogen) atoms. The van der Waals surface area contributed by atoms with Gasteiger partial charge in [0.25, 0.3) is 5.91 Å². The number of anilines is 1. The summed E-state index contributed by atoms with van der Waals surface area (Å²) < 4.78 is 5.69. The van der Waals surface area contributed by atoms with E-state index < -0.39 is 5.97 Å². The summed E-state index contributed by atoms with van der Waals surface area (Å²) in [5.74, 6) is 0.0465. The third-order valence-corrected chi connectivity index (χ3v) is 8.65. The maximum atomic E-state index is 12.6. The van der Waals surface area contributed by atoms with E-state index in [2.05, 4.69) is 15.2 Å². The van der Waals surface area contributed by atoms with E-state index in [-0.39, 0.29) is 59.7 Å². The van der Waals surface area contributed by atoms with Crippen LogP contribution in [0.4, 0.5) is 5.13 Å². The fraction of sp³-hybridized carbons (Fsp3) is 0.375. The van der Waals surface area contributed by atoms with Crippen molar-refractivity contribution in [1.29, 1.82) is 0 Å². The first kappa shape index (κ1) is 26.9. The van der Waals surface area contributed by atoms with Gasteiger partial charge in [0, 0.05) is 48.6 Å². The molecule has 2 fully saturated rings. The Bertz CT molecular complexity index is 1310. The van der Waals surface area contributed by atoms with Gasteiger partial charge in [-0.15, -0.1) is 0 Å². The van der Waals surface area contributed by atoms with Gasteiger partial charge in [0.15, 0.2) is 5.13 Å². The molecule has 1 aliphatic heterocycles. The van der Waals surface area contributed by atoms with Gasteiger partial charge in [-0.05, 0) is 19.9 Å². The number of rotatable bonds is 8. The average molecular weight is 543 g/mol. The number of amides is 1. The number of carboxylic acids is 1. The Morgan fingerprint density at radius 1 is 1.28 bits per heavy atom. The molecule has 0 bridgehead atoms. The number of carbonyl (C=O) groups is 2. The van der Waals surface area contributed by atoms with Crippen molar-refractivity contribution in [1.82, 2.24) is 15.3 Å². The fourth-order valence-electron chi connectivity index (χ4n) is 4.74. The second-order valence-corrected chi connectivity index (χ2v) is 10.5. The molecular formula is C24H25Cl2LiN4O4S. The number of fused-ring (bicyclic) bond motifs is 1. The van der Waals surface area contributed by atoms with E-state index in [1.54, 1.807) is 6.92 Å². The fourth-order valence-corrected chi connectivity index (χ4v) is 6.09. The van der Waals surface area contributed by atoms with Crippen LogP contribution in [-0.4, -0.2) is 52.7 Å². The summed E-state index contributed by atoms with van der Waals surface area (Å²) in [7, 11) is 0. The average Bonchev–Trinajstić information content (AvgIpc) is 3.20. The zero-order chi connectivity index (χ0) is 24.9. The number of H-pyrrole nitrogens is 1. The molecule has 5 rings (SSSR count). The number of aromatic nitrogens is 2. The van der Waals surface area contributed by atoms with E-state index in [0.717, 1.165) is 11.3 Å². The summed E-state index contributed by atoms with van der Waals surface area (Å²) in [5.41, 5.74) is 2.36. The van der Waals surface area contributed by atoms with Crippen molar-refractivity contribution in [3.05, 3.63) is 61.8 Å². The molecule has 3 atom stereocenters. The van der Waals surface area contributed by atoms with E-state index in [4.69, 9.17) is 32.9 Å². The number of thiazole rings is 1. The number of nitrogens with one attached hydrogen (secondary N) is 2. The number of carboxylic acid groups (broad SMARTS) is 1. The number of aromatic amines is 1. The molecule has 2 aliphatic rings. The minimum atomic E-state index is -0.982. The first-order valence-electron chi connectivity index (χ1n) is 11.3. The van der Waals surface area contributed by atoms with Crippen molar-refractivity contribution >= 4 is 51.5 Å². The molecule has 3 heterocycles. The molecule has 0 radical (unpaired) electrons. The van der Waals surface area contributed by atoms with Crippen molar-refractivity contribution in [2.45, 2.75) is 26.3 Å². The number of halogens is 2. The minimum Gasteiger partial charge on any atom is -1.00 e. The first-order chi connectivity index (χ1) is 16.8. The Kier molecular flexibility index (Phi) is 7.98. The monoisotopic (exact) mass is 542 g/mol. The molecule has 3 aromatic rings. The van der Waals surface area contributed by atoms with Crippen molar-refractivity contribution in [3.8, 4) is 5.75 Å². The van der Waals surface area contributed by atoms with Crippen LogP contribution in [0.1, 0.15) is 45.5 Å². The normalized spacial score (nSPS) is 20.0. The summed E-state index contributed by atoms with van der Waals surface area (Å²) in [4.78, 5) is 34.6. The van der Waals surface area contributed by atoms with Crippen LogP contribution in [0.5, 0.6) is 5.75 Å². The predicted octanol–water partition coefficient (Wildman–Crippen LogP) is 1.76. The third kappa shape index (κ3) is 5.00. The smallest absolute Gasteiger partial charge is 1.00 e. The second-order valence-electron chi connectivity index (χ2n) is 8.78. The van der Waals surface area contributed by atoms with Gasteiger partial charge in [-0.1, -0.05) is 52.7 Å². The van der Waals surface area contributed by atoms with Crippen LogP contribution < -0.4 is 33.8 Å². The van der Waals surface area contributed by atoms with Gasteiger partial charge < -0.3 is 26.5 Å². The molecular weight excluding hydrogens is 518 g/mol. The second kappa shape index (κ2) is 10.7. The standard InChI is InChI=1S/C24H24Cl2N4O4S.Li.H/c1-3-34-16-7-5-4-6-12(16)8-15-21(23(32)33)35-24(28-15)30-9-13-14(10-30)19(13)29-22(31)20-18(26)17(25)11(2)27-20;;/h4-7,13-14,19,27H,3,8-10H2,1-2H3,(H,29,31)(H,32,33);;/q;+1;-1/t13-,14+,19?;;. The van der Waals surface area contributed by atoms with Crippen LogP contribution in [0, 0.1) is 18.8 Å². The molecule has 12 heteroatoms. The van der Waals surface area contributed by atoms with Gasteiger partial charge >= 0.3 is 24.8 Å². The Hall–Kier alpha value is -2.15. The number of para-hydroxylation sites is 1. The largest absolute Gasteiger partial charge is 1.00 e. The molecule has 2 aromatic heterocycles. The summed E-state index contributed by atoms with van der Waals surface area (Å²) >= 11 is 13.4. The summed E-state index contributed by atoms with van der Waals surface area (Å²) in [6.07, 6.45) is 0.382. The number of carbonyl (C=O) groups excluding carboxylic acids is 1. The maximum absolute atomic E-state index is 12.6. The Labute approximate surface area is 236 Å². The Morgan fingerprint density at radius 2 is 1.97 bits per heavy atom. The van der Waals surface area contributed by atoms with E-state index >= 15 is 0 Å². The van der Waals surface area contributed by atoms with Gasteiger partial charge in [0.2, 0.25) is 0 Å². The molecule has 8 nitrogen and oxygen atoms in total. The maximum Gasteiger partial charge on any atom is 1.00 e. The Balaban J connectivity index is 0.00000190. The van der Waals surface area contributed by atoms with E-state index in [1.165, 1.54) is 11.3 Å². The van der Waals surface area contributed by atoms with Crippen molar-refractivity contribution in [2.75, 3.05) is 24.6 Å². The van der Waals surface area contributed by atoms with Gasteiger partial charge in [0.05, 0.1) is 22.3 Å². The van der Waals surface area contributed by atoms with Gasteiger partial charge in [-0.25, -0.2) is 9.78 Å². The number of aromatic carboxylic acids is 1. The van der Waals surface area contributed by atoms with Gasteiger partial charge in [-0.3, -0.25) is 4.79 Å². The summed E-state index contributed by atoms with van der Waals surface area (Å²) in [6.45, 7) is 5.61. The minimum absolute atomic E-state index is 0. The molecule has 3 N–H and O–H groups in total. The molecule has 0 spiro atoms. The molecule has 1 saturated carbocycles.